The molecule has 2 aromatic carbocycles. The first-order valence-electron chi connectivity index (χ1n) is 8.04. The van der Waals surface area contributed by atoms with Gasteiger partial charge in [0.05, 0.1) is 5.69 Å². The number of hydrogen-bond donors (Lipinski definition) is 1. The third-order valence-electron chi connectivity index (χ3n) is 3.91. The Labute approximate surface area is 159 Å². The van der Waals surface area contributed by atoms with Crippen LogP contribution in [0, 0.1) is 0 Å². The molecule has 0 atom stereocenters. The standard InChI is InChI=1S/C19H16N2O3S2/c1-25-14-5-2-12(3-6-14)15-11-26-19(20-15)21-18(22)13-4-7-16-17(10-13)24-9-8-23-16/h2-7,10-11H,8-9H2,1H3,(H,20,21,22). The summed E-state index contributed by atoms with van der Waals surface area (Å²) >= 11 is 3.10. The molecular weight excluding hydrogens is 368 g/mol. The Bertz CT molecular complexity index is 938. The van der Waals surface area contributed by atoms with Gasteiger partial charge in [-0.25, -0.2) is 4.98 Å². The number of benzene rings is 2. The van der Waals surface area contributed by atoms with Crippen LogP contribution in [0.25, 0.3) is 11.3 Å². The lowest BCUT2D eigenvalue weighted by molar-refractivity contribution is 0.102. The molecule has 132 valence electrons. The molecule has 0 saturated carbocycles. The minimum Gasteiger partial charge on any atom is -0.486 e. The van der Waals surface area contributed by atoms with E-state index in [4.69, 9.17) is 9.47 Å². The Balaban J connectivity index is 1.49. The number of nitrogens with zero attached hydrogens (tertiary/aromatic N) is 1. The van der Waals surface area contributed by atoms with Crippen molar-refractivity contribution in [3.05, 3.63) is 53.4 Å². The van der Waals surface area contributed by atoms with Crippen LogP contribution in [0.5, 0.6) is 11.5 Å². The fourth-order valence-electron chi connectivity index (χ4n) is 2.58. The van der Waals surface area contributed by atoms with E-state index in [0.717, 1.165) is 11.3 Å². The van der Waals surface area contributed by atoms with E-state index < -0.39 is 0 Å². The van der Waals surface area contributed by atoms with Gasteiger partial charge in [0.1, 0.15) is 13.2 Å². The van der Waals surface area contributed by atoms with Crippen LogP contribution in [-0.2, 0) is 0 Å². The minimum absolute atomic E-state index is 0.222. The number of ether oxygens (including phenoxy) is 2. The summed E-state index contributed by atoms with van der Waals surface area (Å²) in [6, 6.07) is 13.4. The maximum atomic E-state index is 12.5. The van der Waals surface area contributed by atoms with E-state index in [1.54, 1.807) is 30.0 Å². The van der Waals surface area contributed by atoms with Crippen molar-refractivity contribution in [2.75, 3.05) is 24.8 Å². The maximum Gasteiger partial charge on any atom is 0.257 e. The van der Waals surface area contributed by atoms with E-state index in [-0.39, 0.29) is 5.91 Å². The van der Waals surface area contributed by atoms with Crippen LogP contribution in [0.1, 0.15) is 10.4 Å². The molecule has 0 aliphatic carbocycles. The molecule has 1 N–H and O–H groups in total. The Morgan fingerprint density at radius 2 is 1.88 bits per heavy atom. The second-order valence-corrected chi connectivity index (χ2v) is 7.32. The molecule has 0 radical (unpaired) electrons. The first kappa shape index (κ1) is 16.9. The zero-order chi connectivity index (χ0) is 17.9. The van der Waals surface area contributed by atoms with Crippen molar-refractivity contribution >= 4 is 34.1 Å². The number of anilines is 1. The van der Waals surface area contributed by atoms with Crippen molar-refractivity contribution in [3.63, 3.8) is 0 Å². The monoisotopic (exact) mass is 384 g/mol. The number of amides is 1. The Kier molecular flexibility index (Phi) is 4.81. The lowest BCUT2D eigenvalue weighted by Gasteiger charge is -2.18. The van der Waals surface area contributed by atoms with Gasteiger partial charge in [-0.1, -0.05) is 12.1 Å². The molecule has 1 aromatic heterocycles. The third kappa shape index (κ3) is 3.54. The van der Waals surface area contributed by atoms with Gasteiger partial charge in [0.25, 0.3) is 5.91 Å². The molecule has 0 unspecified atom stereocenters. The largest absolute Gasteiger partial charge is 0.486 e. The Hall–Kier alpha value is -2.51. The summed E-state index contributed by atoms with van der Waals surface area (Å²) < 4.78 is 11.0. The van der Waals surface area contributed by atoms with Crippen LogP contribution in [0.15, 0.2) is 52.7 Å². The zero-order valence-electron chi connectivity index (χ0n) is 14.0. The molecule has 26 heavy (non-hydrogen) atoms. The second kappa shape index (κ2) is 7.39. The number of thiazole rings is 1. The fraction of sp³-hybridized carbons (Fsp3) is 0.158. The molecule has 0 bridgehead atoms. The molecule has 3 aromatic rings. The van der Waals surface area contributed by atoms with Gasteiger partial charge in [-0.05, 0) is 36.6 Å². The van der Waals surface area contributed by atoms with Crippen LogP contribution in [0.4, 0.5) is 5.13 Å². The fourth-order valence-corrected chi connectivity index (χ4v) is 3.70. The SMILES string of the molecule is CSc1ccc(-c2csc(NC(=O)c3ccc4c(c3)OCCO4)n2)cc1. The normalized spacial score (nSPS) is 12.7. The molecule has 0 fully saturated rings. The molecule has 0 saturated heterocycles. The highest BCUT2D eigenvalue weighted by atomic mass is 32.2. The number of thioether (sulfide) groups is 1. The number of carbonyl (C=O) groups is 1. The van der Waals surface area contributed by atoms with Crippen molar-refractivity contribution in [2.24, 2.45) is 0 Å². The average Bonchev–Trinajstić information content (AvgIpc) is 3.16. The van der Waals surface area contributed by atoms with Gasteiger partial charge in [-0.15, -0.1) is 23.1 Å². The van der Waals surface area contributed by atoms with E-state index in [9.17, 15) is 4.79 Å². The van der Waals surface area contributed by atoms with Crippen LogP contribution >= 0.6 is 23.1 Å². The molecule has 7 heteroatoms. The molecule has 1 aliphatic rings. The number of rotatable bonds is 4. The van der Waals surface area contributed by atoms with Gasteiger partial charge in [0.15, 0.2) is 16.6 Å². The van der Waals surface area contributed by atoms with Crippen molar-refractivity contribution in [1.82, 2.24) is 4.98 Å². The molecule has 1 aliphatic heterocycles. The molecule has 5 nitrogen and oxygen atoms in total. The van der Waals surface area contributed by atoms with Crippen molar-refractivity contribution in [1.29, 1.82) is 0 Å². The Morgan fingerprint density at radius 3 is 2.65 bits per heavy atom. The summed E-state index contributed by atoms with van der Waals surface area (Å²) in [6.07, 6.45) is 2.05. The first-order valence-corrected chi connectivity index (χ1v) is 10.1. The van der Waals surface area contributed by atoms with E-state index in [2.05, 4.69) is 22.4 Å². The lowest BCUT2D eigenvalue weighted by atomic mass is 10.2. The van der Waals surface area contributed by atoms with Crippen LogP contribution < -0.4 is 14.8 Å². The van der Waals surface area contributed by atoms with E-state index >= 15 is 0 Å². The van der Waals surface area contributed by atoms with Crippen molar-refractivity contribution < 1.29 is 14.3 Å². The predicted molar refractivity (Wildman–Crippen MR) is 105 cm³/mol. The third-order valence-corrected chi connectivity index (χ3v) is 5.42. The zero-order valence-corrected chi connectivity index (χ0v) is 15.7. The molecular formula is C19H16N2O3S2. The molecule has 0 spiro atoms. The van der Waals surface area contributed by atoms with Gasteiger partial charge in [0, 0.05) is 21.4 Å². The number of carbonyl (C=O) groups excluding carboxylic acids is 1. The van der Waals surface area contributed by atoms with Crippen LogP contribution in [0.3, 0.4) is 0 Å². The lowest BCUT2D eigenvalue weighted by Crippen LogP contribution is -2.17. The van der Waals surface area contributed by atoms with Gasteiger partial charge < -0.3 is 9.47 Å². The van der Waals surface area contributed by atoms with Gasteiger partial charge in [-0.3, -0.25) is 10.1 Å². The highest BCUT2D eigenvalue weighted by Crippen LogP contribution is 2.31. The topological polar surface area (TPSA) is 60.5 Å². The van der Waals surface area contributed by atoms with Crippen molar-refractivity contribution in [2.45, 2.75) is 4.90 Å². The average molecular weight is 384 g/mol. The number of nitrogens with one attached hydrogen (secondary N) is 1. The van der Waals surface area contributed by atoms with Gasteiger partial charge >= 0.3 is 0 Å². The van der Waals surface area contributed by atoms with E-state index in [1.807, 2.05) is 23.8 Å². The summed E-state index contributed by atoms with van der Waals surface area (Å²) in [5.41, 5.74) is 2.38. The Morgan fingerprint density at radius 1 is 1.12 bits per heavy atom. The summed E-state index contributed by atoms with van der Waals surface area (Å²) in [4.78, 5) is 18.2. The summed E-state index contributed by atoms with van der Waals surface area (Å²) in [5.74, 6) is 1.04. The molecule has 4 rings (SSSR count). The highest BCUT2D eigenvalue weighted by molar-refractivity contribution is 7.98. The van der Waals surface area contributed by atoms with Crippen LogP contribution in [0.2, 0.25) is 0 Å². The van der Waals surface area contributed by atoms with Gasteiger partial charge in [0.2, 0.25) is 0 Å². The van der Waals surface area contributed by atoms with Crippen LogP contribution in [-0.4, -0.2) is 30.4 Å². The smallest absolute Gasteiger partial charge is 0.257 e. The molecule has 2 heterocycles. The van der Waals surface area contributed by atoms with E-state index in [0.29, 0.717) is 35.4 Å². The number of fused-ring (bicyclic) bond motifs is 1. The predicted octanol–water partition coefficient (Wildman–Crippen LogP) is 4.56. The quantitative estimate of drug-likeness (QED) is 0.669. The summed E-state index contributed by atoms with van der Waals surface area (Å²) in [7, 11) is 0. The second-order valence-electron chi connectivity index (χ2n) is 5.58. The number of aromatic nitrogens is 1. The van der Waals surface area contributed by atoms with Crippen molar-refractivity contribution in [3.8, 4) is 22.8 Å². The highest BCUT2D eigenvalue weighted by Gasteiger charge is 2.16. The summed E-state index contributed by atoms with van der Waals surface area (Å²) in [5, 5.41) is 5.35. The van der Waals surface area contributed by atoms with E-state index in [1.165, 1.54) is 16.2 Å². The van der Waals surface area contributed by atoms with Gasteiger partial charge in [-0.2, -0.15) is 0 Å². The molecule has 1 amide bonds. The number of hydrogen-bond acceptors (Lipinski definition) is 6. The summed E-state index contributed by atoms with van der Waals surface area (Å²) in [6.45, 7) is 1.02. The maximum absolute atomic E-state index is 12.5. The minimum atomic E-state index is -0.222. The first-order chi connectivity index (χ1) is 12.7.